The van der Waals surface area contributed by atoms with E-state index in [1.807, 2.05) is 0 Å². The van der Waals surface area contributed by atoms with E-state index in [2.05, 4.69) is 10.0 Å². The number of sulfonamides is 1. The highest BCUT2D eigenvalue weighted by molar-refractivity contribution is 7.89. The van der Waals surface area contributed by atoms with Gasteiger partial charge in [0.15, 0.2) is 0 Å². The van der Waals surface area contributed by atoms with Gasteiger partial charge in [0.2, 0.25) is 10.0 Å². The predicted octanol–water partition coefficient (Wildman–Crippen LogP) is 2.18. The van der Waals surface area contributed by atoms with E-state index in [0.29, 0.717) is 12.5 Å². The molecule has 0 radical (unpaired) electrons. The maximum atomic E-state index is 13.6. The molecule has 2 rings (SSSR count). The van der Waals surface area contributed by atoms with Crippen molar-refractivity contribution in [2.45, 2.75) is 17.7 Å². The molecular weight excluding hydrogens is 326 g/mol. The molecule has 1 atom stereocenters. The van der Waals surface area contributed by atoms with Gasteiger partial charge < -0.3 is 5.32 Å². The Balaban J connectivity index is 0.00000200. The summed E-state index contributed by atoms with van der Waals surface area (Å²) < 4.78 is 39.8. The molecule has 1 aliphatic rings. The highest BCUT2D eigenvalue weighted by Gasteiger charge is 2.20. The van der Waals surface area contributed by atoms with Gasteiger partial charge in [-0.15, -0.1) is 12.4 Å². The van der Waals surface area contributed by atoms with Crippen molar-refractivity contribution in [3.05, 3.63) is 29.0 Å². The summed E-state index contributed by atoms with van der Waals surface area (Å²) in [5.41, 5.74) is 0. The van der Waals surface area contributed by atoms with Crippen molar-refractivity contribution in [1.29, 1.82) is 0 Å². The molecule has 1 aliphatic heterocycles. The molecule has 0 saturated carbocycles. The van der Waals surface area contributed by atoms with E-state index in [4.69, 9.17) is 11.6 Å². The van der Waals surface area contributed by atoms with Gasteiger partial charge in [0.05, 0.1) is 0 Å². The molecule has 0 bridgehead atoms. The minimum absolute atomic E-state index is 0. The van der Waals surface area contributed by atoms with Crippen molar-refractivity contribution in [1.82, 2.24) is 10.0 Å². The lowest BCUT2D eigenvalue weighted by molar-refractivity contribution is 0.515. The first-order valence-corrected chi connectivity index (χ1v) is 8.00. The minimum atomic E-state index is -3.80. The van der Waals surface area contributed by atoms with Crippen LogP contribution >= 0.6 is 24.0 Å². The summed E-state index contributed by atoms with van der Waals surface area (Å²) in [6, 6.07) is 3.54. The first-order chi connectivity index (χ1) is 8.99. The molecule has 0 aliphatic carbocycles. The van der Waals surface area contributed by atoms with E-state index in [1.54, 1.807) is 0 Å². The van der Waals surface area contributed by atoms with Crippen LogP contribution < -0.4 is 10.0 Å². The van der Waals surface area contributed by atoms with Crippen LogP contribution in [0.1, 0.15) is 12.8 Å². The zero-order valence-electron chi connectivity index (χ0n) is 10.7. The van der Waals surface area contributed by atoms with Crippen LogP contribution in [0.25, 0.3) is 0 Å². The van der Waals surface area contributed by atoms with Crippen molar-refractivity contribution in [2.75, 3.05) is 19.6 Å². The first kappa shape index (κ1) is 17.7. The molecule has 20 heavy (non-hydrogen) atoms. The van der Waals surface area contributed by atoms with Gasteiger partial charge in [0.25, 0.3) is 0 Å². The molecule has 1 aromatic rings. The summed E-state index contributed by atoms with van der Waals surface area (Å²) in [5, 5.41) is 3.39. The number of halogens is 3. The van der Waals surface area contributed by atoms with Gasteiger partial charge in [-0.3, -0.25) is 0 Å². The standard InChI is InChI=1S/C12H16ClFN2O2S.ClH/c13-10-1-2-12(11(14)7-10)19(17,18)16-6-4-9-3-5-15-8-9;/h1-2,7,9,15-16H,3-6,8H2;1H. The largest absolute Gasteiger partial charge is 0.316 e. The van der Waals surface area contributed by atoms with E-state index in [-0.39, 0.29) is 22.3 Å². The number of hydrogen-bond donors (Lipinski definition) is 2. The normalized spacial score (nSPS) is 18.8. The smallest absolute Gasteiger partial charge is 0.243 e. The monoisotopic (exact) mass is 342 g/mol. The van der Waals surface area contributed by atoms with E-state index < -0.39 is 15.8 Å². The van der Waals surface area contributed by atoms with Crippen LogP contribution in [0.15, 0.2) is 23.1 Å². The minimum Gasteiger partial charge on any atom is -0.316 e. The van der Waals surface area contributed by atoms with E-state index in [0.717, 1.165) is 32.0 Å². The second-order valence-corrected chi connectivity index (χ2v) is 6.79. The summed E-state index contributed by atoms with van der Waals surface area (Å²) in [6.45, 7) is 2.21. The second-order valence-electron chi connectivity index (χ2n) is 4.62. The molecule has 1 saturated heterocycles. The molecule has 0 amide bonds. The quantitative estimate of drug-likeness (QED) is 0.862. The maximum Gasteiger partial charge on any atom is 0.243 e. The zero-order valence-corrected chi connectivity index (χ0v) is 13.1. The third-order valence-corrected chi connectivity index (χ3v) is 4.92. The Hall–Kier alpha value is -0.400. The van der Waals surface area contributed by atoms with Gasteiger partial charge in [0, 0.05) is 11.6 Å². The summed E-state index contributed by atoms with van der Waals surface area (Å²) in [5.74, 6) is -0.347. The summed E-state index contributed by atoms with van der Waals surface area (Å²) in [6.07, 6.45) is 1.80. The van der Waals surface area contributed by atoms with Crippen molar-refractivity contribution in [2.24, 2.45) is 5.92 Å². The Labute approximate surface area is 129 Å². The molecule has 1 fully saturated rings. The lowest BCUT2D eigenvalue weighted by Crippen LogP contribution is -2.27. The summed E-state index contributed by atoms with van der Waals surface area (Å²) in [7, 11) is -3.80. The molecule has 0 spiro atoms. The maximum absolute atomic E-state index is 13.6. The first-order valence-electron chi connectivity index (χ1n) is 6.14. The van der Waals surface area contributed by atoms with Crippen LogP contribution in [0, 0.1) is 11.7 Å². The third-order valence-electron chi connectivity index (χ3n) is 3.19. The number of nitrogens with one attached hydrogen (secondary N) is 2. The van der Waals surface area contributed by atoms with Crippen molar-refractivity contribution in [3.8, 4) is 0 Å². The Bertz CT molecular complexity index is 548. The van der Waals surface area contributed by atoms with E-state index in [1.165, 1.54) is 12.1 Å². The Kier molecular flexibility index (Phi) is 6.68. The van der Waals surface area contributed by atoms with Crippen LogP contribution in [0.2, 0.25) is 5.02 Å². The van der Waals surface area contributed by atoms with Crippen molar-refractivity contribution in [3.63, 3.8) is 0 Å². The third kappa shape index (κ3) is 4.56. The second kappa shape index (κ2) is 7.56. The number of benzene rings is 1. The van der Waals surface area contributed by atoms with Crippen LogP contribution in [0.4, 0.5) is 4.39 Å². The topological polar surface area (TPSA) is 58.2 Å². The van der Waals surface area contributed by atoms with Crippen molar-refractivity contribution < 1.29 is 12.8 Å². The number of rotatable bonds is 5. The van der Waals surface area contributed by atoms with Crippen LogP contribution in [-0.2, 0) is 10.0 Å². The molecule has 1 unspecified atom stereocenters. The fraction of sp³-hybridized carbons (Fsp3) is 0.500. The van der Waals surface area contributed by atoms with Crippen molar-refractivity contribution >= 4 is 34.0 Å². The number of hydrogen-bond acceptors (Lipinski definition) is 3. The van der Waals surface area contributed by atoms with E-state index >= 15 is 0 Å². The lowest BCUT2D eigenvalue weighted by Gasteiger charge is -2.10. The van der Waals surface area contributed by atoms with Gasteiger partial charge in [-0.2, -0.15) is 0 Å². The van der Waals surface area contributed by atoms with Crippen LogP contribution in [0.3, 0.4) is 0 Å². The molecule has 1 aromatic carbocycles. The van der Waals surface area contributed by atoms with Gasteiger partial charge in [-0.25, -0.2) is 17.5 Å². The Morgan fingerprint density at radius 3 is 2.80 bits per heavy atom. The highest BCUT2D eigenvalue weighted by Crippen LogP contribution is 2.19. The molecule has 2 N–H and O–H groups in total. The SMILES string of the molecule is Cl.O=S(=O)(NCCC1CCNC1)c1ccc(Cl)cc1F. The molecule has 1 heterocycles. The molecule has 0 aromatic heterocycles. The van der Waals surface area contributed by atoms with Crippen LogP contribution in [0.5, 0.6) is 0 Å². The average molecular weight is 343 g/mol. The molecule has 4 nitrogen and oxygen atoms in total. The fourth-order valence-electron chi connectivity index (χ4n) is 2.13. The molecule has 8 heteroatoms. The Morgan fingerprint density at radius 2 is 2.20 bits per heavy atom. The van der Waals surface area contributed by atoms with Crippen LogP contribution in [-0.4, -0.2) is 28.1 Å². The fourth-order valence-corrected chi connectivity index (χ4v) is 3.39. The lowest BCUT2D eigenvalue weighted by atomic mass is 10.1. The van der Waals surface area contributed by atoms with Gasteiger partial charge in [-0.1, -0.05) is 11.6 Å². The highest BCUT2D eigenvalue weighted by atomic mass is 35.5. The van der Waals surface area contributed by atoms with Gasteiger partial charge >= 0.3 is 0 Å². The summed E-state index contributed by atoms with van der Waals surface area (Å²) >= 11 is 5.60. The van der Waals surface area contributed by atoms with Gasteiger partial charge in [0.1, 0.15) is 10.7 Å². The van der Waals surface area contributed by atoms with E-state index in [9.17, 15) is 12.8 Å². The average Bonchev–Trinajstić information content (AvgIpc) is 2.81. The molecular formula is C12H17Cl2FN2O2S. The van der Waals surface area contributed by atoms with Gasteiger partial charge in [-0.05, 0) is 50.0 Å². The molecule has 114 valence electrons. The summed E-state index contributed by atoms with van der Waals surface area (Å²) in [4.78, 5) is -0.360. The zero-order chi connectivity index (χ0) is 13.9. The predicted molar refractivity (Wildman–Crippen MR) is 79.4 cm³/mol. The Morgan fingerprint density at radius 1 is 1.45 bits per heavy atom.